The van der Waals surface area contributed by atoms with E-state index in [1.165, 1.54) is 12.1 Å². The van der Waals surface area contributed by atoms with Gasteiger partial charge in [-0.05, 0) is 18.2 Å². The number of amides is 2. The zero-order valence-corrected chi connectivity index (χ0v) is 19.9. The standard InChI is InChI=1S/C19H19ClFN3O8S2/c1-31-17-12(24-4-5-32-9-16(24)25)6-10(21)7-14(17)34(29,30)23-11(19(27)28)8-22-18(26)13-2-3-15(20)33-13/h2-3,6-7,11,23H,4-5,8-9H2,1H3,(H,22,26)(H,27,28). The van der Waals surface area contributed by atoms with E-state index in [0.717, 1.165) is 29.4 Å². The highest BCUT2D eigenvalue weighted by atomic mass is 35.5. The van der Waals surface area contributed by atoms with E-state index in [1.807, 2.05) is 4.72 Å². The molecule has 0 saturated carbocycles. The molecule has 0 bridgehead atoms. The van der Waals surface area contributed by atoms with Gasteiger partial charge >= 0.3 is 5.97 Å². The highest BCUT2D eigenvalue weighted by Gasteiger charge is 2.33. The third kappa shape index (κ3) is 5.82. The molecule has 11 nitrogen and oxygen atoms in total. The minimum absolute atomic E-state index is 0.0298. The summed E-state index contributed by atoms with van der Waals surface area (Å²) in [6.45, 7) is -0.727. The fraction of sp³-hybridized carbons (Fsp3) is 0.316. The summed E-state index contributed by atoms with van der Waals surface area (Å²) in [5.41, 5.74) is -0.147. The first-order valence-corrected chi connectivity index (χ1v) is 12.3. The smallest absolute Gasteiger partial charge is 0.323 e. The molecule has 0 aliphatic carbocycles. The fourth-order valence-electron chi connectivity index (χ4n) is 3.08. The maximum absolute atomic E-state index is 14.4. The Morgan fingerprint density at radius 1 is 1.38 bits per heavy atom. The Bertz CT molecular complexity index is 1220. The number of hydrogen-bond donors (Lipinski definition) is 3. The molecule has 1 fully saturated rings. The molecule has 3 rings (SSSR count). The summed E-state index contributed by atoms with van der Waals surface area (Å²) in [6.07, 6.45) is 0. The molecule has 1 atom stereocenters. The molecule has 1 aromatic carbocycles. The van der Waals surface area contributed by atoms with Gasteiger partial charge in [0.2, 0.25) is 10.0 Å². The molecule has 2 amide bonds. The number of methoxy groups -OCH3 is 1. The number of nitrogens with one attached hydrogen (secondary N) is 2. The minimum Gasteiger partial charge on any atom is -0.493 e. The number of carboxylic acid groups (broad SMARTS) is 1. The number of thiophene rings is 1. The van der Waals surface area contributed by atoms with Crippen molar-refractivity contribution in [1.82, 2.24) is 10.0 Å². The van der Waals surface area contributed by atoms with E-state index in [4.69, 9.17) is 21.1 Å². The molecule has 1 saturated heterocycles. The molecule has 1 aromatic heterocycles. The van der Waals surface area contributed by atoms with Crippen LogP contribution in [0.1, 0.15) is 9.67 Å². The van der Waals surface area contributed by atoms with Crippen LogP contribution in [0.4, 0.5) is 10.1 Å². The van der Waals surface area contributed by atoms with Crippen LogP contribution in [0.25, 0.3) is 0 Å². The van der Waals surface area contributed by atoms with Gasteiger partial charge in [0.15, 0.2) is 5.75 Å². The average Bonchev–Trinajstić information content (AvgIpc) is 3.22. The summed E-state index contributed by atoms with van der Waals surface area (Å²) >= 11 is 6.73. The van der Waals surface area contributed by atoms with Gasteiger partial charge in [-0.3, -0.25) is 14.4 Å². The zero-order chi connectivity index (χ0) is 25.0. The van der Waals surface area contributed by atoms with Crippen LogP contribution in [-0.2, 0) is 24.3 Å². The number of carbonyl (C=O) groups excluding carboxylic acids is 2. The minimum atomic E-state index is -4.69. The maximum atomic E-state index is 14.4. The van der Waals surface area contributed by atoms with E-state index in [0.29, 0.717) is 10.4 Å². The van der Waals surface area contributed by atoms with Crippen LogP contribution in [0.5, 0.6) is 5.75 Å². The normalized spacial score (nSPS) is 15.1. The van der Waals surface area contributed by atoms with Crippen molar-refractivity contribution in [2.45, 2.75) is 10.9 Å². The molecule has 2 heterocycles. The van der Waals surface area contributed by atoms with Gasteiger partial charge in [-0.1, -0.05) is 11.6 Å². The summed E-state index contributed by atoms with van der Waals surface area (Å²) in [6, 6.07) is 2.67. The quantitative estimate of drug-likeness (QED) is 0.431. The topological polar surface area (TPSA) is 151 Å². The summed E-state index contributed by atoms with van der Waals surface area (Å²) in [5, 5.41) is 11.8. The van der Waals surface area contributed by atoms with Crippen molar-refractivity contribution in [3.63, 3.8) is 0 Å². The maximum Gasteiger partial charge on any atom is 0.323 e. The molecule has 1 aliphatic heterocycles. The lowest BCUT2D eigenvalue weighted by Crippen LogP contribution is -2.48. The highest BCUT2D eigenvalue weighted by Crippen LogP contribution is 2.36. The first-order valence-electron chi connectivity index (χ1n) is 9.58. The Kier molecular flexibility index (Phi) is 8.09. The SMILES string of the molecule is COc1c(N2CCOCC2=O)cc(F)cc1S(=O)(=O)NC(CNC(=O)c1ccc(Cl)s1)C(=O)O. The van der Waals surface area contributed by atoms with Crippen LogP contribution < -0.4 is 19.7 Å². The van der Waals surface area contributed by atoms with Gasteiger partial charge in [0.25, 0.3) is 11.8 Å². The second-order valence-electron chi connectivity index (χ2n) is 6.88. The molecule has 34 heavy (non-hydrogen) atoms. The molecule has 1 unspecified atom stereocenters. The number of ether oxygens (including phenoxy) is 2. The van der Waals surface area contributed by atoms with E-state index < -0.39 is 51.1 Å². The number of sulfonamides is 1. The summed E-state index contributed by atoms with van der Waals surface area (Å²) in [5.74, 6) is -4.13. The number of rotatable bonds is 9. The number of aliphatic carboxylic acids is 1. The number of halogens is 2. The number of carboxylic acids is 1. The van der Waals surface area contributed by atoms with Gasteiger partial charge in [-0.25, -0.2) is 12.8 Å². The van der Waals surface area contributed by atoms with Gasteiger partial charge < -0.3 is 24.8 Å². The van der Waals surface area contributed by atoms with Crippen molar-refractivity contribution in [3.05, 3.63) is 39.3 Å². The number of nitrogens with zero attached hydrogens (tertiary/aromatic N) is 1. The van der Waals surface area contributed by atoms with Crippen LogP contribution >= 0.6 is 22.9 Å². The van der Waals surface area contributed by atoms with Gasteiger partial charge in [0.1, 0.15) is 23.4 Å². The average molecular weight is 536 g/mol. The van der Waals surface area contributed by atoms with Gasteiger partial charge in [-0.2, -0.15) is 4.72 Å². The fourth-order valence-corrected chi connectivity index (χ4v) is 5.43. The molecule has 3 N–H and O–H groups in total. The van der Waals surface area contributed by atoms with Crippen molar-refractivity contribution in [2.24, 2.45) is 0 Å². The summed E-state index contributed by atoms with van der Waals surface area (Å²) < 4.78 is 52.9. The molecule has 2 aromatic rings. The van der Waals surface area contributed by atoms with Crippen LogP contribution in [0, 0.1) is 5.82 Å². The van der Waals surface area contributed by atoms with Crippen molar-refractivity contribution < 1.29 is 41.8 Å². The second-order valence-corrected chi connectivity index (χ2v) is 10.3. The van der Waals surface area contributed by atoms with E-state index >= 15 is 0 Å². The lowest BCUT2D eigenvalue weighted by atomic mass is 10.2. The Balaban J connectivity index is 1.87. The molecule has 0 spiro atoms. The largest absolute Gasteiger partial charge is 0.493 e. The van der Waals surface area contributed by atoms with E-state index in [-0.39, 0.29) is 36.1 Å². The number of morpholine rings is 1. The van der Waals surface area contributed by atoms with Crippen LogP contribution in [0.15, 0.2) is 29.2 Å². The lowest BCUT2D eigenvalue weighted by Gasteiger charge is -2.29. The molecular weight excluding hydrogens is 517 g/mol. The van der Waals surface area contributed by atoms with Gasteiger partial charge in [-0.15, -0.1) is 11.3 Å². The Morgan fingerprint density at radius 3 is 2.71 bits per heavy atom. The summed E-state index contributed by atoms with van der Waals surface area (Å²) in [4.78, 5) is 36.6. The Labute approximate surface area is 202 Å². The van der Waals surface area contributed by atoms with Crippen molar-refractivity contribution in [1.29, 1.82) is 0 Å². The van der Waals surface area contributed by atoms with Crippen molar-refractivity contribution in [3.8, 4) is 5.75 Å². The summed E-state index contributed by atoms with van der Waals surface area (Å²) in [7, 11) is -3.56. The first kappa shape index (κ1) is 25.8. The predicted octanol–water partition coefficient (Wildman–Crippen LogP) is 1.07. The van der Waals surface area contributed by atoms with Crippen molar-refractivity contribution >= 4 is 56.4 Å². The Hall–Kier alpha value is -2.78. The van der Waals surface area contributed by atoms with E-state index in [9.17, 15) is 32.3 Å². The van der Waals surface area contributed by atoms with Crippen molar-refractivity contribution in [2.75, 3.05) is 38.3 Å². The lowest BCUT2D eigenvalue weighted by molar-refractivity contribution is -0.138. The third-order valence-corrected chi connectivity index (χ3v) is 7.34. The van der Waals surface area contributed by atoms with Gasteiger partial charge in [0, 0.05) is 19.2 Å². The number of anilines is 1. The number of benzene rings is 1. The van der Waals surface area contributed by atoms with Crippen LogP contribution in [-0.4, -0.2) is 70.8 Å². The highest BCUT2D eigenvalue weighted by molar-refractivity contribution is 7.89. The second kappa shape index (κ2) is 10.7. The third-order valence-electron chi connectivity index (χ3n) is 4.63. The number of carbonyl (C=O) groups is 3. The molecular formula is C19H19ClFN3O8S2. The van der Waals surface area contributed by atoms with Crippen LogP contribution in [0.3, 0.4) is 0 Å². The van der Waals surface area contributed by atoms with Gasteiger partial charge in [0.05, 0.1) is 28.6 Å². The molecule has 15 heteroatoms. The van der Waals surface area contributed by atoms with E-state index in [1.54, 1.807) is 0 Å². The molecule has 0 radical (unpaired) electrons. The van der Waals surface area contributed by atoms with E-state index in [2.05, 4.69) is 5.32 Å². The molecule has 1 aliphatic rings. The Morgan fingerprint density at radius 2 is 2.12 bits per heavy atom. The predicted molar refractivity (Wildman–Crippen MR) is 120 cm³/mol. The monoisotopic (exact) mass is 535 g/mol. The zero-order valence-electron chi connectivity index (χ0n) is 17.5. The number of hydrogen-bond acceptors (Lipinski definition) is 8. The molecule has 184 valence electrons. The first-order chi connectivity index (χ1) is 16.0. The van der Waals surface area contributed by atoms with Crippen LogP contribution in [0.2, 0.25) is 4.34 Å².